The average Bonchev–Trinajstić information content (AvgIpc) is 3.23. The van der Waals surface area contributed by atoms with Crippen LogP contribution in [0.1, 0.15) is 298 Å². The van der Waals surface area contributed by atoms with E-state index in [4.69, 9.17) is 14.2 Å². The number of hydrogen-bond donors (Lipinski definition) is 0. The molecule has 0 bridgehead atoms. The Morgan fingerprint density at radius 1 is 0.350 bits per heavy atom. The van der Waals surface area contributed by atoms with Gasteiger partial charge in [-0.05, 0) is 31.1 Å². The van der Waals surface area contributed by atoms with Gasteiger partial charge < -0.3 is 14.2 Å². The van der Waals surface area contributed by atoms with E-state index in [1.54, 1.807) is 0 Å². The maximum absolute atomic E-state index is 12.8. The summed E-state index contributed by atoms with van der Waals surface area (Å²) in [5, 5.41) is 0. The summed E-state index contributed by atoms with van der Waals surface area (Å²) in [5.74, 6) is 0.778. The first-order valence-electron chi connectivity index (χ1n) is 26.8. The summed E-state index contributed by atoms with van der Waals surface area (Å²) in [4.78, 5) is 37.9. The number of esters is 3. The fraction of sp³-hybridized carbons (Fsp3) is 0.944. The molecule has 0 saturated carbocycles. The van der Waals surface area contributed by atoms with Crippen LogP contribution in [0.2, 0.25) is 0 Å². The van der Waals surface area contributed by atoms with Crippen LogP contribution in [0.15, 0.2) is 0 Å². The van der Waals surface area contributed by atoms with Gasteiger partial charge in [0.1, 0.15) is 13.2 Å². The highest BCUT2D eigenvalue weighted by Crippen LogP contribution is 2.18. The lowest BCUT2D eigenvalue weighted by molar-refractivity contribution is -0.167. The van der Waals surface area contributed by atoms with Gasteiger partial charge in [0.2, 0.25) is 0 Å². The standard InChI is InChI=1S/C54H104O6/c1-6-8-9-10-11-12-13-14-15-16-17-18-19-20-21-25-28-34-39-44-52(55)58-47-51(48-59-53(56)45-40-35-31-30-32-37-42-49(3)4)60-54(57)46-41-36-29-26-23-22-24-27-33-38-43-50(5)7-2/h49-51H,6-48H2,1-5H3/t50?,51-/m0/s1. The number of unbranched alkanes of at least 4 members (excludes halogenated alkanes) is 32. The Labute approximate surface area is 374 Å². The van der Waals surface area contributed by atoms with Crippen LogP contribution in [-0.2, 0) is 28.6 Å². The van der Waals surface area contributed by atoms with Crippen LogP contribution in [-0.4, -0.2) is 37.2 Å². The van der Waals surface area contributed by atoms with Crippen molar-refractivity contribution in [2.75, 3.05) is 13.2 Å². The first-order valence-corrected chi connectivity index (χ1v) is 26.8. The highest BCUT2D eigenvalue weighted by Gasteiger charge is 2.19. The molecule has 6 nitrogen and oxygen atoms in total. The third-order valence-corrected chi connectivity index (χ3v) is 12.6. The molecule has 60 heavy (non-hydrogen) atoms. The number of rotatable bonds is 48. The van der Waals surface area contributed by atoms with Crippen LogP contribution in [0, 0.1) is 11.8 Å². The Morgan fingerprint density at radius 3 is 0.950 bits per heavy atom. The Balaban J connectivity index is 4.23. The minimum Gasteiger partial charge on any atom is -0.462 e. The van der Waals surface area contributed by atoms with Gasteiger partial charge in [0, 0.05) is 19.3 Å². The number of carbonyl (C=O) groups excluding carboxylic acids is 3. The maximum atomic E-state index is 12.8. The van der Waals surface area contributed by atoms with Crippen molar-refractivity contribution in [3.8, 4) is 0 Å². The van der Waals surface area contributed by atoms with Gasteiger partial charge in [-0.1, -0.05) is 259 Å². The third kappa shape index (κ3) is 45.9. The van der Waals surface area contributed by atoms with Gasteiger partial charge in [-0.3, -0.25) is 14.4 Å². The summed E-state index contributed by atoms with van der Waals surface area (Å²) in [6, 6.07) is 0. The zero-order valence-corrected chi connectivity index (χ0v) is 41.1. The van der Waals surface area contributed by atoms with Gasteiger partial charge in [0.25, 0.3) is 0 Å². The van der Waals surface area contributed by atoms with Gasteiger partial charge >= 0.3 is 17.9 Å². The van der Waals surface area contributed by atoms with E-state index in [-0.39, 0.29) is 31.1 Å². The molecule has 6 heteroatoms. The maximum Gasteiger partial charge on any atom is 0.306 e. The van der Waals surface area contributed by atoms with Crippen molar-refractivity contribution in [2.45, 2.75) is 304 Å². The molecule has 0 N–H and O–H groups in total. The smallest absolute Gasteiger partial charge is 0.306 e. The molecule has 0 rings (SSSR count). The van der Waals surface area contributed by atoms with Gasteiger partial charge in [0.05, 0.1) is 0 Å². The molecule has 0 aromatic rings. The molecule has 0 aliphatic carbocycles. The summed E-state index contributed by atoms with van der Waals surface area (Å²) < 4.78 is 16.8. The largest absolute Gasteiger partial charge is 0.462 e. The molecule has 356 valence electrons. The van der Waals surface area contributed by atoms with E-state index < -0.39 is 6.10 Å². The van der Waals surface area contributed by atoms with Gasteiger partial charge in [0.15, 0.2) is 6.10 Å². The van der Waals surface area contributed by atoms with E-state index in [0.717, 1.165) is 69.6 Å². The van der Waals surface area contributed by atoms with E-state index >= 15 is 0 Å². The fourth-order valence-electron chi connectivity index (χ4n) is 8.13. The molecule has 0 aliphatic rings. The van der Waals surface area contributed by atoms with E-state index in [2.05, 4.69) is 34.6 Å². The molecule has 0 radical (unpaired) electrons. The van der Waals surface area contributed by atoms with E-state index in [9.17, 15) is 14.4 Å². The highest BCUT2D eigenvalue weighted by atomic mass is 16.6. The van der Waals surface area contributed by atoms with Crippen LogP contribution < -0.4 is 0 Å². The van der Waals surface area contributed by atoms with Crippen molar-refractivity contribution in [1.29, 1.82) is 0 Å². The molecular formula is C54H104O6. The number of ether oxygens (including phenoxy) is 3. The Kier molecular flexibility index (Phi) is 45.7. The lowest BCUT2D eigenvalue weighted by Crippen LogP contribution is -2.30. The fourth-order valence-corrected chi connectivity index (χ4v) is 8.13. The summed E-state index contributed by atoms with van der Waals surface area (Å²) >= 11 is 0. The van der Waals surface area contributed by atoms with E-state index in [0.29, 0.717) is 19.3 Å². The summed E-state index contributed by atoms with van der Waals surface area (Å²) in [7, 11) is 0. The Bertz CT molecular complexity index is 918. The molecule has 0 amide bonds. The normalized spacial score (nSPS) is 12.5. The second-order valence-corrected chi connectivity index (χ2v) is 19.2. The van der Waals surface area contributed by atoms with Crippen LogP contribution in [0.3, 0.4) is 0 Å². The summed E-state index contributed by atoms with van der Waals surface area (Å²) in [5.41, 5.74) is 0. The lowest BCUT2D eigenvalue weighted by Gasteiger charge is -2.18. The van der Waals surface area contributed by atoms with Crippen LogP contribution >= 0.6 is 0 Å². The number of hydrogen-bond acceptors (Lipinski definition) is 6. The minimum absolute atomic E-state index is 0.0645. The van der Waals surface area contributed by atoms with Crippen molar-refractivity contribution < 1.29 is 28.6 Å². The first kappa shape index (κ1) is 58.4. The van der Waals surface area contributed by atoms with Crippen molar-refractivity contribution in [1.82, 2.24) is 0 Å². The van der Waals surface area contributed by atoms with Crippen molar-refractivity contribution in [3.05, 3.63) is 0 Å². The monoisotopic (exact) mass is 849 g/mol. The van der Waals surface area contributed by atoms with E-state index in [1.807, 2.05) is 0 Å². The highest BCUT2D eigenvalue weighted by molar-refractivity contribution is 5.71. The molecule has 0 spiro atoms. The molecular weight excluding hydrogens is 745 g/mol. The molecule has 0 saturated heterocycles. The zero-order chi connectivity index (χ0) is 44.0. The number of carbonyl (C=O) groups is 3. The Morgan fingerprint density at radius 2 is 0.633 bits per heavy atom. The molecule has 0 heterocycles. The van der Waals surface area contributed by atoms with Crippen LogP contribution in [0.4, 0.5) is 0 Å². The average molecular weight is 849 g/mol. The van der Waals surface area contributed by atoms with Crippen molar-refractivity contribution >= 4 is 17.9 Å². The summed E-state index contributed by atoms with van der Waals surface area (Å²) in [6.45, 7) is 11.3. The van der Waals surface area contributed by atoms with E-state index in [1.165, 1.54) is 186 Å². The van der Waals surface area contributed by atoms with Gasteiger partial charge in [-0.15, -0.1) is 0 Å². The topological polar surface area (TPSA) is 78.9 Å². The molecule has 0 fully saturated rings. The predicted octanol–water partition coefficient (Wildman–Crippen LogP) is 17.3. The van der Waals surface area contributed by atoms with Crippen LogP contribution in [0.25, 0.3) is 0 Å². The SMILES string of the molecule is CCCCCCCCCCCCCCCCCCCCCC(=O)OC[C@@H](COC(=O)CCCCCCCCC(C)C)OC(=O)CCCCCCCCCCCCC(C)CC. The second-order valence-electron chi connectivity index (χ2n) is 19.2. The second kappa shape index (κ2) is 46.9. The Hall–Kier alpha value is -1.59. The molecule has 1 unspecified atom stereocenters. The first-order chi connectivity index (χ1) is 29.3. The van der Waals surface area contributed by atoms with Crippen molar-refractivity contribution in [3.63, 3.8) is 0 Å². The molecule has 2 atom stereocenters. The van der Waals surface area contributed by atoms with Crippen molar-refractivity contribution in [2.24, 2.45) is 11.8 Å². The molecule has 0 aromatic heterocycles. The predicted molar refractivity (Wildman–Crippen MR) is 256 cm³/mol. The minimum atomic E-state index is -0.762. The van der Waals surface area contributed by atoms with Gasteiger partial charge in [-0.25, -0.2) is 0 Å². The molecule has 0 aromatic carbocycles. The summed E-state index contributed by atoms with van der Waals surface area (Å²) in [6.07, 6.45) is 48.2. The third-order valence-electron chi connectivity index (χ3n) is 12.6. The van der Waals surface area contributed by atoms with Gasteiger partial charge in [-0.2, -0.15) is 0 Å². The molecule has 0 aliphatic heterocycles. The zero-order valence-electron chi connectivity index (χ0n) is 41.1. The quantitative estimate of drug-likeness (QED) is 0.0345. The van der Waals surface area contributed by atoms with Crippen LogP contribution in [0.5, 0.6) is 0 Å². The lowest BCUT2D eigenvalue weighted by atomic mass is 9.99.